The van der Waals surface area contributed by atoms with E-state index in [1.165, 1.54) is 40.5 Å². The highest BCUT2D eigenvalue weighted by Crippen LogP contribution is 2.32. The van der Waals surface area contributed by atoms with Crippen molar-refractivity contribution in [1.82, 2.24) is 14.5 Å². The number of carbonyl (C=O) groups is 1. The first-order valence-electron chi connectivity index (χ1n) is 8.81. The second kappa shape index (κ2) is 8.26. The van der Waals surface area contributed by atoms with Crippen LogP contribution in [-0.4, -0.2) is 27.0 Å². The Labute approximate surface area is 174 Å². The number of rotatable bonds is 6. The lowest BCUT2D eigenvalue weighted by Crippen LogP contribution is -2.33. The van der Waals surface area contributed by atoms with Gasteiger partial charge in [0.25, 0.3) is 5.91 Å². The van der Waals surface area contributed by atoms with Crippen LogP contribution in [0.1, 0.15) is 16.8 Å². The maximum atomic E-state index is 14.4. The van der Waals surface area contributed by atoms with E-state index in [4.69, 9.17) is 11.6 Å². The zero-order valence-corrected chi connectivity index (χ0v) is 16.6. The predicted octanol–water partition coefficient (Wildman–Crippen LogP) is 5.16. The maximum absolute atomic E-state index is 14.4. The van der Waals surface area contributed by atoms with E-state index < -0.39 is 17.5 Å². The number of anilines is 1. The van der Waals surface area contributed by atoms with Crippen LogP contribution in [0.15, 0.2) is 55.1 Å². The summed E-state index contributed by atoms with van der Waals surface area (Å²) in [6.07, 6.45) is 5.71. The van der Waals surface area contributed by atoms with E-state index in [1.54, 1.807) is 24.7 Å². The summed E-state index contributed by atoms with van der Waals surface area (Å²) in [5.74, 6) is -1.80. The maximum Gasteiger partial charge on any atom is 0.264 e. The van der Waals surface area contributed by atoms with Crippen LogP contribution in [0, 0.1) is 11.6 Å². The largest absolute Gasteiger partial charge is 0.337 e. The third-order valence-corrected chi connectivity index (χ3v) is 5.73. The third-order valence-electron chi connectivity index (χ3n) is 4.37. The molecule has 1 amide bonds. The first kappa shape index (κ1) is 19.5. The van der Waals surface area contributed by atoms with Crippen molar-refractivity contribution in [2.24, 2.45) is 0 Å². The van der Waals surface area contributed by atoms with Gasteiger partial charge in [0.15, 0.2) is 5.13 Å². The summed E-state index contributed by atoms with van der Waals surface area (Å²) in [5, 5.41) is 0.307. The fraction of sp³-hybridized carbons (Fsp3) is 0.150. The Kier molecular flexibility index (Phi) is 5.55. The summed E-state index contributed by atoms with van der Waals surface area (Å²) < 4.78 is 30.9. The van der Waals surface area contributed by atoms with Crippen molar-refractivity contribution in [2.75, 3.05) is 11.4 Å². The molecule has 0 spiro atoms. The highest BCUT2D eigenvalue weighted by molar-refractivity contribution is 7.22. The molecule has 29 heavy (non-hydrogen) atoms. The molecule has 0 aliphatic carbocycles. The normalized spacial score (nSPS) is 11.1. The molecule has 0 unspecified atom stereocenters. The number of aryl methyl sites for hydroxylation is 1. The summed E-state index contributed by atoms with van der Waals surface area (Å²) >= 11 is 7.27. The lowest BCUT2D eigenvalue weighted by Gasteiger charge is -2.21. The first-order chi connectivity index (χ1) is 14.0. The standard InChI is InChI=1S/C20H15ClF2N4OS/c21-13-4-1-5-14(22)17(13)19(28)27(10-3-9-26-11-8-24-12-26)20-25-18-15(23)6-2-7-16(18)29-20/h1-2,4-8,11-12H,3,9-10H2. The van der Waals surface area contributed by atoms with Crippen LogP contribution in [-0.2, 0) is 6.54 Å². The first-order valence-corrected chi connectivity index (χ1v) is 10.0. The van der Waals surface area contributed by atoms with Gasteiger partial charge in [-0.3, -0.25) is 9.69 Å². The van der Waals surface area contributed by atoms with Gasteiger partial charge in [0.2, 0.25) is 0 Å². The van der Waals surface area contributed by atoms with E-state index in [2.05, 4.69) is 9.97 Å². The smallest absolute Gasteiger partial charge is 0.264 e. The molecule has 4 rings (SSSR count). The van der Waals surface area contributed by atoms with Crippen LogP contribution in [0.25, 0.3) is 10.2 Å². The minimum absolute atomic E-state index is 0.0156. The molecule has 4 aromatic rings. The SMILES string of the molecule is O=C(c1c(F)cccc1Cl)N(CCCn1ccnc1)c1nc2c(F)cccc2s1. The van der Waals surface area contributed by atoms with Crippen LogP contribution in [0.3, 0.4) is 0 Å². The highest BCUT2D eigenvalue weighted by Gasteiger charge is 2.26. The van der Waals surface area contributed by atoms with E-state index in [1.807, 2.05) is 10.8 Å². The van der Waals surface area contributed by atoms with Gasteiger partial charge in [0.05, 0.1) is 21.6 Å². The van der Waals surface area contributed by atoms with Crippen molar-refractivity contribution in [3.05, 3.63) is 77.3 Å². The van der Waals surface area contributed by atoms with E-state index in [-0.39, 0.29) is 22.6 Å². The summed E-state index contributed by atoms with van der Waals surface area (Å²) in [6.45, 7) is 0.858. The van der Waals surface area contributed by atoms with Gasteiger partial charge in [-0.1, -0.05) is 35.1 Å². The van der Waals surface area contributed by atoms with Gasteiger partial charge in [-0.25, -0.2) is 18.7 Å². The Morgan fingerprint density at radius 1 is 1.17 bits per heavy atom. The molecule has 2 heterocycles. The number of benzene rings is 2. The lowest BCUT2D eigenvalue weighted by molar-refractivity contribution is 0.0982. The van der Waals surface area contributed by atoms with Crippen LogP contribution in [0.2, 0.25) is 5.02 Å². The van der Waals surface area contributed by atoms with E-state index >= 15 is 0 Å². The van der Waals surface area contributed by atoms with Crippen molar-refractivity contribution in [2.45, 2.75) is 13.0 Å². The third kappa shape index (κ3) is 3.99. The molecule has 5 nitrogen and oxygen atoms in total. The number of amides is 1. The summed E-state index contributed by atoms with van der Waals surface area (Å²) in [5.41, 5.74) is -0.0453. The highest BCUT2D eigenvalue weighted by atomic mass is 35.5. The van der Waals surface area contributed by atoms with Crippen molar-refractivity contribution in [3.63, 3.8) is 0 Å². The Hall–Kier alpha value is -2.84. The molecule has 0 bridgehead atoms. The topological polar surface area (TPSA) is 51.0 Å². The number of nitrogens with zero attached hydrogens (tertiary/aromatic N) is 4. The average molecular weight is 433 g/mol. The Balaban J connectivity index is 1.69. The fourth-order valence-electron chi connectivity index (χ4n) is 2.97. The van der Waals surface area contributed by atoms with Gasteiger partial charge < -0.3 is 4.57 Å². The second-order valence-electron chi connectivity index (χ2n) is 6.29. The molecule has 0 atom stereocenters. The van der Waals surface area contributed by atoms with Crippen molar-refractivity contribution < 1.29 is 13.6 Å². The molecule has 0 saturated heterocycles. The summed E-state index contributed by atoms with van der Waals surface area (Å²) in [7, 11) is 0. The van der Waals surface area contributed by atoms with E-state index in [9.17, 15) is 13.6 Å². The molecule has 9 heteroatoms. The van der Waals surface area contributed by atoms with Gasteiger partial charge in [-0.2, -0.15) is 0 Å². The zero-order chi connectivity index (χ0) is 20.4. The Morgan fingerprint density at radius 2 is 1.97 bits per heavy atom. The van der Waals surface area contributed by atoms with Gasteiger partial charge in [0.1, 0.15) is 17.2 Å². The van der Waals surface area contributed by atoms with E-state index in [0.717, 1.165) is 0 Å². The minimum Gasteiger partial charge on any atom is -0.337 e. The number of thiazole rings is 1. The van der Waals surface area contributed by atoms with E-state index in [0.29, 0.717) is 22.8 Å². The molecule has 0 radical (unpaired) electrons. The van der Waals surface area contributed by atoms with Gasteiger partial charge in [0, 0.05) is 25.5 Å². The molecule has 0 aliphatic heterocycles. The molecule has 2 aromatic carbocycles. The minimum atomic E-state index is -0.714. The zero-order valence-electron chi connectivity index (χ0n) is 15.1. The predicted molar refractivity (Wildman–Crippen MR) is 110 cm³/mol. The molecule has 0 aliphatic rings. The van der Waals surface area contributed by atoms with Gasteiger partial charge in [-0.15, -0.1) is 0 Å². The lowest BCUT2D eigenvalue weighted by atomic mass is 10.2. The molecular weight excluding hydrogens is 418 g/mol. The van der Waals surface area contributed by atoms with Crippen LogP contribution in [0.4, 0.5) is 13.9 Å². The fourth-order valence-corrected chi connectivity index (χ4v) is 4.22. The number of imidazole rings is 1. The number of halogens is 3. The van der Waals surface area contributed by atoms with Crippen LogP contribution in [0.5, 0.6) is 0 Å². The Morgan fingerprint density at radius 3 is 2.69 bits per heavy atom. The molecule has 0 N–H and O–H groups in total. The molecule has 148 valence electrons. The van der Waals surface area contributed by atoms with Crippen LogP contribution >= 0.6 is 22.9 Å². The number of hydrogen-bond donors (Lipinski definition) is 0. The van der Waals surface area contributed by atoms with Crippen molar-refractivity contribution >= 4 is 44.2 Å². The second-order valence-corrected chi connectivity index (χ2v) is 7.71. The number of para-hydroxylation sites is 1. The van der Waals surface area contributed by atoms with Crippen LogP contribution < -0.4 is 4.90 Å². The molecule has 0 saturated carbocycles. The number of fused-ring (bicyclic) bond motifs is 1. The quantitative estimate of drug-likeness (QED) is 0.423. The van der Waals surface area contributed by atoms with Gasteiger partial charge >= 0.3 is 0 Å². The molecule has 0 fully saturated rings. The van der Waals surface area contributed by atoms with Crippen molar-refractivity contribution in [1.29, 1.82) is 0 Å². The number of hydrogen-bond acceptors (Lipinski definition) is 4. The Bertz CT molecular complexity index is 1140. The monoisotopic (exact) mass is 432 g/mol. The summed E-state index contributed by atoms with van der Waals surface area (Å²) in [4.78, 5) is 22.8. The van der Waals surface area contributed by atoms with Crippen molar-refractivity contribution in [3.8, 4) is 0 Å². The number of aromatic nitrogens is 3. The average Bonchev–Trinajstić information content (AvgIpc) is 3.35. The molecular formula is C20H15ClF2N4OS. The number of carbonyl (C=O) groups excluding carboxylic acids is 1. The molecule has 2 aromatic heterocycles. The van der Waals surface area contributed by atoms with Gasteiger partial charge in [-0.05, 0) is 30.7 Å². The summed E-state index contributed by atoms with van der Waals surface area (Å²) in [6, 6.07) is 8.69.